The molecule has 0 unspecified atom stereocenters. The minimum atomic E-state index is -0.231. The van der Waals surface area contributed by atoms with Gasteiger partial charge in [-0.25, -0.2) is 4.98 Å². The van der Waals surface area contributed by atoms with E-state index < -0.39 is 0 Å². The molecule has 3 rings (SSSR count). The van der Waals surface area contributed by atoms with Crippen LogP contribution in [0.15, 0.2) is 41.4 Å². The number of anilines is 1. The summed E-state index contributed by atoms with van der Waals surface area (Å²) in [5, 5.41) is 2.78. The van der Waals surface area contributed by atoms with E-state index in [4.69, 9.17) is 0 Å². The molecule has 1 aromatic carbocycles. The van der Waals surface area contributed by atoms with Crippen molar-refractivity contribution in [3.63, 3.8) is 0 Å². The second kappa shape index (κ2) is 5.69. The van der Waals surface area contributed by atoms with Gasteiger partial charge in [0, 0.05) is 28.8 Å². The summed E-state index contributed by atoms with van der Waals surface area (Å²) in [6.07, 6.45) is 2.23. The van der Waals surface area contributed by atoms with Crippen LogP contribution >= 0.6 is 11.8 Å². The molecule has 4 nitrogen and oxygen atoms in total. The maximum absolute atomic E-state index is 12.4. The molecule has 106 valence electrons. The van der Waals surface area contributed by atoms with E-state index in [1.54, 1.807) is 42.2 Å². The van der Waals surface area contributed by atoms with Crippen LogP contribution in [0.2, 0.25) is 0 Å². The SMILES string of the molecule is Cc1ccc(NC(=O)c2cccc3c2SCCC3=O)nc1. The summed E-state index contributed by atoms with van der Waals surface area (Å²) in [5.74, 6) is 1.10. The normalized spacial score (nSPS) is 13.7. The fourth-order valence-electron chi connectivity index (χ4n) is 2.20. The molecule has 1 aliphatic heterocycles. The molecule has 2 heterocycles. The molecule has 1 aromatic heterocycles. The van der Waals surface area contributed by atoms with Crippen molar-refractivity contribution in [2.24, 2.45) is 0 Å². The summed E-state index contributed by atoms with van der Waals surface area (Å²) >= 11 is 1.56. The van der Waals surface area contributed by atoms with Gasteiger partial charge in [-0.05, 0) is 24.6 Å². The Morgan fingerprint density at radius 2 is 2.14 bits per heavy atom. The van der Waals surface area contributed by atoms with Gasteiger partial charge in [-0.3, -0.25) is 9.59 Å². The molecule has 5 heteroatoms. The second-order valence-electron chi connectivity index (χ2n) is 4.88. The third-order valence-electron chi connectivity index (χ3n) is 3.29. The largest absolute Gasteiger partial charge is 0.307 e. The monoisotopic (exact) mass is 298 g/mol. The van der Waals surface area contributed by atoms with Gasteiger partial charge in [0.15, 0.2) is 5.78 Å². The number of benzene rings is 1. The number of ketones is 1. The highest BCUT2D eigenvalue weighted by molar-refractivity contribution is 7.99. The van der Waals surface area contributed by atoms with Crippen LogP contribution in [-0.4, -0.2) is 22.4 Å². The Hall–Kier alpha value is -2.14. The summed E-state index contributed by atoms with van der Waals surface area (Å²) in [4.78, 5) is 29.2. The molecule has 0 saturated carbocycles. The highest BCUT2D eigenvalue weighted by Crippen LogP contribution is 2.33. The number of nitrogens with zero attached hydrogens (tertiary/aromatic N) is 1. The Balaban J connectivity index is 1.90. The van der Waals surface area contributed by atoms with Crippen LogP contribution in [0.25, 0.3) is 0 Å². The van der Waals surface area contributed by atoms with Gasteiger partial charge in [-0.1, -0.05) is 18.2 Å². The lowest BCUT2D eigenvalue weighted by Gasteiger charge is -2.17. The van der Waals surface area contributed by atoms with Crippen LogP contribution < -0.4 is 5.32 Å². The molecule has 0 atom stereocenters. The molecule has 21 heavy (non-hydrogen) atoms. The molecule has 1 aliphatic rings. The van der Waals surface area contributed by atoms with Gasteiger partial charge in [0.2, 0.25) is 0 Å². The second-order valence-corrected chi connectivity index (χ2v) is 5.98. The zero-order valence-electron chi connectivity index (χ0n) is 11.6. The number of nitrogens with one attached hydrogen (secondary N) is 1. The number of Topliss-reactive ketones (excluding diaryl/α,β-unsaturated/α-hetero) is 1. The maximum Gasteiger partial charge on any atom is 0.257 e. The first-order valence-corrected chi connectivity index (χ1v) is 7.67. The summed E-state index contributed by atoms with van der Waals surface area (Å²) in [6, 6.07) is 8.93. The van der Waals surface area contributed by atoms with Crippen LogP contribution in [0.1, 0.15) is 32.7 Å². The number of rotatable bonds is 2. The number of pyridine rings is 1. The Morgan fingerprint density at radius 1 is 1.29 bits per heavy atom. The number of fused-ring (bicyclic) bond motifs is 1. The highest BCUT2D eigenvalue weighted by atomic mass is 32.2. The van der Waals surface area contributed by atoms with Gasteiger partial charge < -0.3 is 5.32 Å². The molecule has 1 amide bonds. The summed E-state index contributed by atoms with van der Waals surface area (Å²) in [7, 11) is 0. The third kappa shape index (κ3) is 2.83. The number of hydrogen-bond donors (Lipinski definition) is 1. The standard InChI is InChI=1S/C16H14N2O2S/c1-10-5-6-14(17-9-10)18-16(20)12-4-2-3-11-13(19)7-8-21-15(11)12/h2-6,9H,7-8H2,1H3,(H,17,18,20). The van der Waals surface area contributed by atoms with E-state index >= 15 is 0 Å². The van der Waals surface area contributed by atoms with E-state index in [2.05, 4.69) is 10.3 Å². The Morgan fingerprint density at radius 3 is 2.90 bits per heavy atom. The molecule has 0 radical (unpaired) electrons. The van der Waals surface area contributed by atoms with E-state index in [1.807, 2.05) is 13.0 Å². The van der Waals surface area contributed by atoms with Crippen LogP contribution in [0.5, 0.6) is 0 Å². The number of hydrogen-bond acceptors (Lipinski definition) is 4. The Kier molecular flexibility index (Phi) is 3.75. The number of aromatic nitrogens is 1. The van der Waals surface area contributed by atoms with Crippen LogP contribution in [0.4, 0.5) is 5.82 Å². The first-order valence-electron chi connectivity index (χ1n) is 6.68. The van der Waals surface area contributed by atoms with Gasteiger partial charge in [-0.2, -0.15) is 0 Å². The van der Waals surface area contributed by atoms with Crippen molar-refractivity contribution in [1.82, 2.24) is 4.98 Å². The van der Waals surface area contributed by atoms with Crippen molar-refractivity contribution >= 4 is 29.3 Å². The lowest BCUT2D eigenvalue weighted by Crippen LogP contribution is -2.17. The van der Waals surface area contributed by atoms with Gasteiger partial charge >= 0.3 is 0 Å². The van der Waals surface area contributed by atoms with Crippen molar-refractivity contribution in [3.05, 3.63) is 53.2 Å². The Labute approximate surface area is 127 Å². The molecule has 0 spiro atoms. The minimum absolute atomic E-state index is 0.104. The van der Waals surface area contributed by atoms with Crippen LogP contribution in [0, 0.1) is 6.92 Å². The average Bonchev–Trinajstić information content (AvgIpc) is 2.49. The van der Waals surface area contributed by atoms with Crippen molar-refractivity contribution < 1.29 is 9.59 Å². The van der Waals surface area contributed by atoms with Gasteiger partial charge in [-0.15, -0.1) is 11.8 Å². The summed E-state index contributed by atoms with van der Waals surface area (Å²) in [6.45, 7) is 1.94. The van der Waals surface area contributed by atoms with E-state index in [-0.39, 0.29) is 11.7 Å². The van der Waals surface area contributed by atoms with Crippen LogP contribution in [0.3, 0.4) is 0 Å². The summed E-state index contributed by atoms with van der Waals surface area (Å²) < 4.78 is 0. The molecule has 0 bridgehead atoms. The van der Waals surface area contributed by atoms with E-state index in [0.717, 1.165) is 16.2 Å². The van der Waals surface area contributed by atoms with Crippen molar-refractivity contribution in [1.29, 1.82) is 0 Å². The minimum Gasteiger partial charge on any atom is -0.307 e. The highest BCUT2D eigenvalue weighted by Gasteiger charge is 2.23. The predicted molar refractivity (Wildman–Crippen MR) is 83.0 cm³/mol. The van der Waals surface area contributed by atoms with E-state index in [9.17, 15) is 9.59 Å². The van der Waals surface area contributed by atoms with Gasteiger partial charge in [0.05, 0.1) is 5.56 Å². The average molecular weight is 298 g/mol. The molecule has 1 N–H and O–H groups in total. The molecule has 2 aromatic rings. The molecule has 0 fully saturated rings. The van der Waals surface area contributed by atoms with Gasteiger partial charge in [0.1, 0.15) is 5.82 Å². The molecular weight excluding hydrogens is 284 g/mol. The van der Waals surface area contributed by atoms with E-state index in [1.165, 1.54) is 0 Å². The first-order chi connectivity index (χ1) is 10.1. The maximum atomic E-state index is 12.4. The zero-order valence-corrected chi connectivity index (χ0v) is 12.4. The van der Waals surface area contributed by atoms with Gasteiger partial charge in [0.25, 0.3) is 5.91 Å². The number of carbonyl (C=O) groups excluding carboxylic acids is 2. The quantitative estimate of drug-likeness (QED) is 0.924. The number of thioether (sulfide) groups is 1. The predicted octanol–water partition coefficient (Wildman–Crippen LogP) is 3.32. The number of carbonyl (C=O) groups is 2. The molecule has 0 saturated heterocycles. The Bertz CT molecular complexity index is 711. The fraction of sp³-hybridized carbons (Fsp3) is 0.188. The molecular formula is C16H14N2O2S. The third-order valence-corrected chi connectivity index (χ3v) is 4.43. The fourth-order valence-corrected chi connectivity index (χ4v) is 3.34. The topological polar surface area (TPSA) is 59.1 Å². The molecule has 0 aliphatic carbocycles. The van der Waals surface area contributed by atoms with Crippen molar-refractivity contribution in [2.75, 3.05) is 11.1 Å². The smallest absolute Gasteiger partial charge is 0.257 e. The number of aryl methyl sites for hydroxylation is 1. The van der Waals surface area contributed by atoms with Crippen molar-refractivity contribution in [3.8, 4) is 0 Å². The van der Waals surface area contributed by atoms with Crippen molar-refractivity contribution in [2.45, 2.75) is 18.2 Å². The van der Waals surface area contributed by atoms with Crippen LogP contribution in [-0.2, 0) is 0 Å². The lowest BCUT2D eigenvalue weighted by molar-refractivity contribution is 0.0984. The first kappa shape index (κ1) is 13.8. The zero-order chi connectivity index (χ0) is 14.8. The summed E-state index contributed by atoms with van der Waals surface area (Å²) in [5.41, 5.74) is 2.22. The van der Waals surface area contributed by atoms with E-state index in [0.29, 0.717) is 23.4 Å². The lowest BCUT2D eigenvalue weighted by atomic mass is 10.0. The number of amides is 1.